The van der Waals surface area contributed by atoms with E-state index in [0.717, 1.165) is 35.2 Å². The number of amides is 1. The zero-order valence-corrected chi connectivity index (χ0v) is 12.2. The predicted molar refractivity (Wildman–Crippen MR) is 76.8 cm³/mol. The molecule has 0 unspecified atom stereocenters. The van der Waals surface area contributed by atoms with Crippen molar-refractivity contribution in [3.63, 3.8) is 0 Å². The van der Waals surface area contributed by atoms with Crippen molar-refractivity contribution in [2.45, 2.75) is 19.8 Å². The Hall–Kier alpha value is -0.870. The summed E-state index contributed by atoms with van der Waals surface area (Å²) in [6.45, 7) is 4.84. The van der Waals surface area contributed by atoms with Crippen molar-refractivity contribution in [3.05, 3.63) is 33.8 Å². The van der Waals surface area contributed by atoms with Crippen molar-refractivity contribution in [1.82, 2.24) is 10.6 Å². The molecule has 0 radical (unpaired) electrons. The minimum Gasteiger partial charge on any atom is -0.352 e. The van der Waals surface area contributed by atoms with Crippen LogP contribution in [0.1, 0.15) is 28.8 Å². The molecular formula is C14H19BrN2O. The maximum absolute atomic E-state index is 12.1. The summed E-state index contributed by atoms with van der Waals surface area (Å²) in [5.41, 5.74) is 1.75. The Morgan fingerprint density at radius 2 is 2.39 bits per heavy atom. The van der Waals surface area contributed by atoms with Crippen molar-refractivity contribution in [3.8, 4) is 0 Å². The molecule has 4 heteroatoms. The third-order valence-corrected chi connectivity index (χ3v) is 4.32. The van der Waals surface area contributed by atoms with Gasteiger partial charge in [-0.3, -0.25) is 4.79 Å². The highest BCUT2D eigenvalue weighted by Crippen LogP contribution is 2.19. The van der Waals surface area contributed by atoms with Crippen LogP contribution >= 0.6 is 15.9 Å². The van der Waals surface area contributed by atoms with Gasteiger partial charge in [0.15, 0.2) is 0 Å². The molecule has 0 saturated carbocycles. The lowest BCUT2D eigenvalue weighted by Gasteiger charge is -2.23. The largest absolute Gasteiger partial charge is 0.352 e. The van der Waals surface area contributed by atoms with Crippen molar-refractivity contribution in [2.75, 3.05) is 19.6 Å². The molecule has 1 amide bonds. The van der Waals surface area contributed by atoms with Gasteiger partial charge in [0.1, 0.15) is 0 Å². The molecule has 0 aromatic heterocycles. The van der Waals surface area contributed by atoms with E-state index in [1.807, 2.05) is 25.1 Å². The number of hydrogen-bond donors (Lipinski definition) is 2. The van der Waals surface area contributed by atoms with Gasteiger partial charge >= 0.3 is 0 Å². The van der Waals surface area contributed by atoms with Crippen LogP contribution in [0, 0.1) is 12.8 Å². The quantitative estimate of drug-likeness (QED) is 0.900. The monoisotopic (exact) mass is 310 g/mol. The first kappa shape index (κ1) is 13.6. The summed E-state index contributed by atoms with van der Waals surface area (Å²) in [7, 11) is 0. The van der Waals surface area contributed by atoms with Crippen LogP contribution in [-0.2, 0) is 0 Å². The minimum atomic E-state index is 0.0272. The molecule has 18 heavy (non-hydrogen) atoms. The van der Waals surface area contributed by atoms with Gasteiger partial charge in [0.05, 0.1) is 0 Å². The average Bonchev–Trinajstić information content (AvgIpc) is 2.40. The number of carbonyl (C=O) groups excluding carboxylic acids is 1. The molecule has 0 bridgehead atoms. The Morgan fingerprint density at radius 3 is 3.11 bits per heavy atom. The minimum absolute atomic E-state index is 0.0272. The summed E-state index contributed by atoms with van der Waals surface area (Å²) >= 11 is 3.45. The fraction of sp³-hybridized carbons (Fsp3) is 0.500. The van der Waals surface area contributed by atoms with Gasteiger partial charge in [0, 0.05) is 16.6 Å². The van der Waals surface area contributed by atoms with Gasteiger partial charge in [0.2, 0.25) is 0 Å². The van der Waals surface area contributed by atoms with Crippen molar-refractivity contribution in [2.24, 2.45) is 5.92 Å². The highest BCUT2D eigenvalue weighted by atomic mass is 79.9. The van der Waals surface area contributed by atoms with Gasteiger partial charge in [-0.2, -0.15) is 0 Å². The van der Waals surface area contributed by atoms with E-state index in [9.17, 15) is 4.79 Å². The molecule has 0 spiro atoms. The molecule has 1 heterocycles. The molecule has 2 rings (SSSR count). The number of carbonyl (C=O) groups is 1. The number of hydrogen-bond acceptors (Lipinski definition) is 2. The molecule has 1 fully saturated rings. The van der Waals surface area contributed by atoms with Gasteiger partial charge in [0.25, 0.3) is 5.91 Å². The molecule has 98 valence electrons. The molecule has 1 aromatic rings. The molecule has 1 saturated heterocycles. The highest BCUT2D eigenvalue weighted by molar-refractivity contribution is 9.10. The van der Waals surface area contributed by atoms with E-state index in [1.165, 1.54) is 12.8 Å². The lowest BCUT2D eigenvalue weighted by Crippen LogP contribution is -2.38. The third-order valence-electron chi connectivity index (χ3n) is 3.46. The summed E-state index contributed by atoms with van der Waals surface area (Å²) in [5, 5.41) is 6.40. The number of rotatable bonds is 3. The molecule has 0 aliphatic carbocycles. The van der Waals surface area contributed by atoms with Gasteiger partial charge in [-0.25, -0.2) is 0 Å². The first-order valence-electron chi connectivity index (χ1n) is 6.42. The number of benzene rings is 1. The standard InChI is InChI=1S/C14H19BrN2O/c1-10-12(5-2-6-13(10)15)14(18)17-9-11-4-3-7-16-8-11/h2,5-6,11,16H,3-4,7-9H2,1H3,(H,17,18)/t11-/m1/s1. The Kier molecular flexibility index (Phi) is 4.78. The summed E-state index contributed by atoms with van der Waals surface area (Å²) in [6, 6.07) is 5.72. The Morgan fingerprint density at radius 1 is 1.56 bits per heavy atom. The van der Waals surface area contributed by atoms with Crippen LogP contribution in [0.5, 0.6) is 0 Å². The van der Waals surface area contributed by atoms with E-state index in [4.69, 9.17) is 0 Å². The van der Waals surface area contributed by atoms with Gasteiger partial charge in [-0.1, -0.05) is 22.0 Å². The Bertz CT molecular complexity index is 428. The molecule has 3 nitrogen and oxygen atoms in total. The average molecular weight is 311 g/mol. The molecule has 1 aliphatic rings. The maximum atomic E-state index is 12.1. The zero-order valence-electron chi connectivity index (χ0n) is 10.6. The second kappa shape index (κ2) is 6.34. The molecular weight excluding hydrogens is 292 g/mol. The molecule has 1 aliphatic heterocycles. The molecule has 1 aromatic carbocycles. The van der Waals surface area contributed by atoms with E-state index < -0.39 is 0 Å². The second-order valence-corrected chi connectivity index (χ2v) is 5.69. The summed E-state index contributed by atoms with van der Waals surface area (Å²) in [5.74, 6) is 0.592. The van der Waals surface area contributed by atoms with Crippen LogP contribution in [0.15, 0.2) is 22.7 Å². The van der Waals surface area contributed by atoms with E-state index in [-0.39, 0.29) is 5.91 Å². The lowest BCUT2D eigenvalue weighted by atomic mass is 9.99. The number of nitrogens with one attached hydrogen (secondary N) is 2. The van der Waals surface area contributed by atoms with E-state index in [1.54, 1.807) is 0 Å². The zero-order chi connectivity index (χ0) is 13.0. The first-order chi connectivity index (χ1) is 8.68. The number of piperidine rings is 1. The van der Waals surface area contributed by atoms with Crippen molar-refractivity contribution in [1.29, 1.82) is 0 Å². The lowest BCUT2D eigenvalue weighted by molar-refractivity contribution is 0.0944. The molecule has 1 atom stereocenters. The van der Waals surface area contributed by atoms with Crippen molar-refractivity contribution >= 4 is 21.8 Å². The summed E-state index contributed by atoms with van der Waals surface area (Å²) in [4.78, 5) is 12.1. The Balaban J connectivity index is 1.93. The Labute approximate surface area is 116 Å². The fourth-order valence-electron chi connectivity index (χ4n) is 2.28. The van der Waals surface area contributed by atoms with Crippen LogP contribution in [0.3, 0.4) is 0 Å². The molecule has 2 N–H and O–H groups in total. The second-order valence-electron chi connectivity index (χ2n) is 4.83. The van der Waals surface area contributed by atoms with Crippen LogP contribution in [0.2, 0.25) is 0 Å². The SMILES string of the molecule is Cc1c(Br)cccc1C(=O)NC[C@@H]1CCCNC1. The van der Waals surface area contributed by atoms with Gasteiger partial charge in [-0.05, 0) is 56.5 Å². The smallest absolute Gasteiger partial charge is 0.251 e. The van der Waals surface area contributed by atoms with Gasteiger partial charge in [-0.15, -0.1) is 0 Å². The highest BCUT2D eigenvalue weighted by Gasteiger charge is 2.15. The van der Waals surface area contributed by atoms with E-state index in [0.29, 0.717) is 5.92 Å². The normalized spacial score (nSPS) is 19.6. The summed E-state index contributed by atoms with van der Waals surface area (Å²) in [6.07, 6.45) is 2.40. The summed E-state index contributed by atoms with van der Waals surface area (Å²) < 4.78 is 0.981. The maximum Gasteiger partial charge on any atom is 0.251 e. The topological polar surface area (TPSA) is 41.1 Å². The van der Waals surface area contributed by atoms with Crippen LogP contribution in [0.4, 0.5) is 0 Å². The van der Waals surface area contributed by atoms with Gasteiger partial charge < -0.3 is 10.6 Å². The van der Waals surface area contributed by atoms with Crippen LogP contribution in [-0.4, -0.2) is 25.5 Å². The van der Waals surface area contributed by atoms with Crippen LogP contribution < -0.4 is 10.6 Å². The van der Waals surface area contributed by atoms with Crippen LogP contribution in [0.25, 0.3) is 0 Å². The van der Waals surface area contributed by atoms with E-state index in [2.05, 4.69) is 26.6 Å². The van der Waals surface area contributed by atoms with Crippen molar-refractivity contribution < 1.29 is 4.79 Å². The first-order valence-corrected chi connectivity index (χ1v) is 7.22. The third kappa shape index (κ3) is 3.33. The van der Waals surface area contributed by atoms with E-state index >= 15 is 0 Å². The number of halogens is 1. The predicted octanol–water partition coefficient (Wildman–Crippen LogP) is 2.49. The fourth-order valence-corrected chi connectivity index (χ4v) is 2.65.